The zero-order chi connectivity index (χ0) is 24.7. The molecule has 1 fully saturated rings. The van der Waals surface area contributed by atoms with Crippen molar-refractivity contribution in [2.75, 3.05) is 11.9 Å². The first-order chi connectivity index (χ1) is 16.7. The van der Waals surface area contributed by atoms with E-state index >= 15 is 0 Å². The van der Waals surface area contributed by atoms with Crippen molar-refractivity contribution in [1.82, 2.24) is 9.88 Å². The standard InChI is InChI=1S/C25H18F5N3O2/c26-18-9-8-15(13-19(18)27)31-24(34)33-11-3-6-21(33)23-32-20-12-14(7-10-22(20)35-23)16-4-1-2-5-17(16)25(28,29)30/h1-2,4-5,7-10,12-13,21H,3,6,11H2,(H,31,34)/t21-/m1/s1. The average molecular weight is 487 g/mol. The normalized spacial score (nSPS) is 16.1. The third-order valence-electron chi connectivity index (χ3n) is 5.92. The van der Waals surface area contributed by atoms with Gasteiger partial charge in [-0.1, -0.05) is 24.3 Å². The molecule has 1 atom stereocenters. The highest BCUT2D eigenvalue weighted by atomic mass is 19.4. The van der Waals surface area contributed by atoms with Crippen LogP contribution in [0, 0.1) is 11.6 Å². The molecule has 0 spiro atoms. The number of oxazole rings is 1. The second kappa shape index (κ2) is 8.68. The Balaban J connectivity index is 1.42. The number of nitrogens with one attached hydrogen (secondary N) is 1. The molecule has 10 heteroatoms. The number of alkyl halides is 3. The number of carbonyl (C=O) groups is 1. The number of carbonyl (C=O) groups excluding carboxylic acids is 1. The van der Waals surface area contributed by atoms with E-state index in [-0.39, 0.29) is 17.1 Å². The van der Waals surface area contributed by atoms with E-state index < -0.39 is 35.4 Å². The number of halogens is 5. The first kappa shape index (κ1) is 22.8. The fourth-order valence-corrected chi connectivity index (χ4v) is 4.27. The van der Waals surface area contributed by atoms with E-state index in [4.69, 9.17) is 4.42 Å². The molecule has 0 unspecified atom stereocenters. The van der Waals surface area contributed by atoms with Crippen LogP contribution < -0.4 is 5.32 Å². The predicted octanol–water partition coefficient (Wildman–Crippen LogP) is 7.16. The number of anilines is 1. The van der Waals surface area contributed by atoms with Gasteiger partial charge in [-0.15, -0.1) is 0 Å². The summed E-state index contributed by atoms with van der Waals surface area (Å²) in [6, 6.07) is 11.9. The molecular weight excluding hydrogens is 469 g/mol. The summed E-state index contributed by atoms with van der Waals surface area (Å²) >= 11 is 0. The van der Waals surface area contributed by atoms with Gasteiger partial charge in [0.05, 0.1) is 5.56 Å². The Morgan fingerprint density at radius 3 is 2.60 bits per heavy atom. The number of hydrogen-bond acceptors (Lipinski definition) is 3. The van der Waals surface area contributed by atoms with Gasteiger partial charge in [-0.3, -0.25) is 0 Å². The fraction of sp³-hybridized carbons (Fsp3) is 0.200. The minimum atomic E-state index is -4.51. The van der Waals surface area contributed by atoms with Crippen LogP contribution in [0.3, 0.4) is 0 Å². The van der Waals surface area contributed by atoms with E-state index in [1.54, 1.807) is 6.07 Å². The van der Waals surface area contributed by atoms with E-state index in [2.05, 4.69) is 10.3 Å². The number of rotatable bonds is 3. The van der Waals surface area contributed by atoms with Crippen LogP contribution in [-0.4, -0.2) is 22.5 Å². The van der Waals surface area contributed by atoms with Gasteiger partial charge in [0.15, 0.2) is 17.2 Å². The van der Waals surface area contributed by atoms with Gasteiger partial charge < -0.3 is 14.6 Å². The Morgan fingerprint density at radius 2 is 1.83 bits per heavy atom. The molecule has 2 heterocycles. The number of amides is 2. The van der Waals surface area contributed by atoms with Crippen molar-refractivity contribution in [3.8, 4) is 11.1 Å². The molecule has 1 N–H and O–H groups in total. The molecule has 0 aliphatic carbocycles. The van der Waals surface area contributed by atoms with E-state index in [1.807, 2.05) is 0 Å². The van der Waals surface area contributed by atoms with Crippen molar-refractivity contribution >= 4 is 22.8 Å². The highest BCUT2D eigenvalue weighted by Crippen LogP contribution is 2.39. The van der Waals surface area contributed by atoms with Gasteiger partial charge in [0.1, 0.15) is 11.6 Å². The Kier molecular flexibility index (Phi) is 5.66. The van der Waals surface area contributed by atoms with Gasteiger partial charge in [-0.25, -0.2) is 18.6 Å². The molecule has 0 bridgehead atoms. The maximum Gasteiger partial charge on any atom is 0.417 e. The maximum absolute atomic E-state index is 13.5. The zero-order valence-corrected chi connectivity index (χ0v) is 18.1. The first-order valence-corrected chi connectivity index (χ1v) is 10.8. The molecule has 180 valence electrons. The Labute approximate surface area is 196 Å². The largest absolute Gasteiger partial charge is 0.438 e. The topological polar surface area (TPSA) is 58.4 Å². The second-order valence-electron chi connectivity index (χ2n) is 8.19. The van der Waals surface area contributed by atoms with Crippen molar-refractivity contribution in [1.29, 1.82) is 0 Å². The number of hydrogen-bond donors (Lipinski definition) is 1. The fourth-order valence-electron chi connectivity index (χ4n) is 4.27. The average Bonchev–Trinajstić information content (AvgIpc) is 3.47. The number of fused-ring (bicyclic) bond motifs is 1. The lowest BCUT2D eigenvalue weighted by Gasteiger charge is -2.22. The van der Waals surface area contributed by atoms with Crippen molar-refractivity contribution in [3.05, 3.63) is 83.8 Å². The van der Waals surface area contributed by atoms with Gasteiger partial charge in [0.25, 0.3) is 0 Å². The van der Waals surface area contributed by atoms with Crippen LogP contribution in [0.15, 0.2) is 65.1 Å². The number of benzene rings is 3. The van der Waals surface area contributed by atoms with Crippen molar-refractivity contribution < 1.29 is 31.2 Å². The Hall–Kier alpha value is -3.95. The third kappa shape index (κ3) is 4.43. The van der Waals surface area contributed by atoms with Crippen LogP contribution in [0.4, 0.5) is 32.4 Å². The number of aromatic nitrogens is 1. The van der Waals surface area contributed by atoms with E-state index in [0.29, 0.717) is 36.0 Å². The molecule has 3 aromatic carbocycles. The molecule has 0 saturated carbocycles. The van der Waals surface area contributed by atoms with Crippen LogP contribution >= 0.6 is 0 Å². The van der Waals surface area contributed by atoms with Crippen molar-refractivity contribution in [2.45, 2.75) is 25.1 Å². The molecule has 1 aliphatic rings. The van der Waals surface area contributed by atoms with E-state index in [1.165, 1.54) is 41.3 Å². The number of likely N-dealkylation sites (tertiary alicyclic amines) is 1. The van der Waals surface area contributed by atoms with Crippen LogP contribution in [0.1, 0.15) is 30.3 Å². The summed E-state index contributed by atoms with van der Waals surface area (Å²) in [6.07, 6.45) is -3.29. The molecule has 2 amide bonds. The minimum Gasteiger partial charge on any atom is -0.438 e. The Morgan fingerprint density at radius 1 is 1.03 bits per heavy atom. The molecule has 35 heavy (non-hydrogen) atoms. The van der Waals surface area contributed by atoms with Gasteiger partial charge in [-0.05, 0) is 54.3 Å². The van der Waals surface area contributed by atoms with Crippen LogP contribution in [0.2, 0.25) is 0 Å². The van der Waals surface area contributed by atoms with Crippen molar-refractivity contribution in [3.63, 3.8) is 0 Å². The maximum atomic E-state index is 13.5. The monoisotopic (exact) mass is 487 g/mol. The molecule has 0 radical (unpaired) electrons. The summed E-state index contributed by atoms with van der Waals surface area (Å²) < 4.78 is 72.9. The molecular formula is C25H18F5N3O2. The van der Waals surface area contributed by atoms with E-state index in [9.17, 15) is 26.7 Å². The summed E-state index contributed by atoms with van der Waals surface area (Å²) in [4.78, 5) is 18.7. The highest BCUT2D eigenvalue weighted by molar-refractivity contribution is 5.90. The van der Waals surface area contributed by atoms with Crippen molar-refractivity contribution in [2.24, 2.45) is 0 Å². The third-order valence-corrected chi connectivity index (χ3v) is 5.92. The SMILES string of the molecule is O=C(Nc1ccc(F)c(F)c1)N1CCC[C@@H]1c1nc2cc(-c3ccccc3C(F)(F)F)ccc2o1. The van der Waals surface area contributed by atoms with Gasteiger partial charge >= 0.3 is 12.2 Å². The number of urea groups is 1. The first-order valence-electron chi connectivity index (χ1n) is 10.8. The lowest BCUT2D eigenvalue weighted by molar-refractivity contribution is -0.137. The molecule has 1 aliphatic heterocycles. The zero-order valence-electron chi connectivity index (χ0n) is 18.1. The molecule has 5 rings (SSSR count). The second-order valence-corrected chi connectivity index (χ2v) is 8.19. The molecule has 5 nitrogen and oxygen atoms in total. The lowest BCUT2D eigenvalue weighted by Crippen LogP contribution is -2.34. The summed E-state index contributed by atoms with van der Waals surface area (Å²) in [6.45, 7) is 0.392. The van der Waals surface area contributed by atoms with Crippen LogP contribution in [0.5, 0.6) is 0 Å². The lowest BCUT2D eigenvalue weighted by atomic mass is 9.99. The summed E-state index contributed by atoms with van der Waals surface area (Å²) in [5.41, 5.74) is 0.456. The summed E-state index contributed by atoms with van der Waals surface area (Å²) in [5, 5.41) is 2.54. The summed E-state index contributed by atoms with van der Waals surface area (Å²) in [7, 11) is 0. The van der Waals surface area contributed by atoms with Gasteiger partial charge in [0, 0.05) is 18.3 Å². The predicted molar refractivity (Wildman–Crippen MR) is 119 cm³/mol. The molecule has 1 aromatic heterocycles. The molecule has 4 aromatic rings. The molecule has 1 saturated heterocycles. The van der Waals surface area contributed by atoms with Gasteiger partial charge in [-0.2, -0.15) is 13.2 Å². The smallest absolute Gasteiger partial charge is 0.417 e. The number of nitrogens with zero attached hydrogens (tertiary/aromatic N) is 2. The highest BCUT2D eigenvalue weighted by Gasteiger charge is 2.35. The summed E-state index contributed by atoms with van der Waals surface area (Å²) in [5.74, 6) is -1.85. The Bertz CT molecular complexity index is 1420. The van der Waals surface area contributed by atoms with Gasteiger partial charge in [0.2, 0.25) is 5.89 Å². The quantitative estimate of drug-likeness (QED) is 0.312. The minimum absolute atomic E-state index is 0.0276. The van der Waals surface area contributed by atoms with Crippen LogP contribution in [-0.2, 0) is 6.18 Å². The van der Waals surface area contributed by atoms with E-state index in [0.717, 1.165) is 18.2 Å². The van der Waals surface area contributed by atoms with Crippen LogP contribution in [0.25, 0.3) is 22.2 Å².